The Hall–Kier alpha value is -0.970. The van der Waals surface area contributed by atoms with Gasteiger partial charge in [0, 0.05) is 18.1 Å². The maximum absolute atomic E-state index is 5.93. The summed E-state index contributed by atoms with van der Waals surface area (Å²) in [5, 5.41) is 1.83. The molecule has 2 N–H and O–H groups in total. The highest BCUT2D eigenvalue weighted by molar-refractivity contribution is 7.98. The van der Waals surface area contributed by atoms with Crippen molar-refractivity contribution in [3.05, 3.63) is 46.2 Å². The molecule has 0 fully saturated rings. The van der Waals surface area contributed by atoms with Gasteiger partial charge in [-0.05, 0) is 17.7 Å². The Kier molecular flexibility index (Phi) is 4.10. The van der Waals surface area contributed by atoms with Crippen LogP contribution in [-0.2, 0) is 5.75 Å². The molecule has 17 heavy (non-hydrogen) atoms. The lowest BCUT2D eigenvalue weighted by atomic mass is 10.2. The van der Waals surface area contributed by atoms with E-state index in [2.05, 4.69) is 9.97 Å². The number of nitrogens with zero attached hydrogens (tertiary/aromatic N) is 2. The molecule has 3 nitrogen and oxygen atoms in total. The van der Waals surface area contributed by atoms with Gasteiger partial charge in [0.05, 0.1) is 10.0 Å². The van der Waals surface area contributed by atoms with Crippen molar-refractivity contribution in [2.24, 2.45) is 0 Å². The highest BCUT2D eigenvalue weighted by Gasteiger charge is 2.04. The lowest BCUT2D eigenvalue weighted by Crippen LogP contribution is -1.94. The van der Waals surface area contributed by atoms with Crippen LogP contribution in [0.3, 0.4) is 0 Å². The Bertz CT molecular complexity index is 534. The number of nitrogens with two attached hydrogens (primary N) is 1. The number of rotatable bonds is 3. The summed E-state index contributed by atoms with van der Waals surface area (Å²) in [7, 11) is 0. The molecule has 0 bridgehead atoms. The number of hydrogen-bond acceptors (Lipinski definition) is 4. The minimum Gasteiger partial charge on any atom is -0.381 e. The van der Waals surface area contributed by atoms with E-state index in [9.17, 15) is 0 Å². The monoisotopic (exact) mass is 285 g/mol. The second-order valence-corrected chi connectivity index (χ2v) is 5.06. The topological polar surface area (TPSA) is 51.8 Å². The minimum atomic E-state index is 0.442. The van der Waals surface area contributed by atoms with Crippen LogP contribution in [0.2, 0.25) is 10.0 Å². The molecule has 0 spiro atoms. The van der Waals surface area contributed by atoms with E-state index >= 15 is 0 Å². The molecule has 2 rings (SSSR count). The van der Waals surface area contributed by atoms with E-state index in [0.717, 1.165) is 16.3 Å². The maximum Gasteiger partial charge on any atom is 0.156 e. The summed E-state index contributed by atoms with van der Waals surface area (Å²) < 4.78 is 0. The third-order valence-corrected chi connectivity index (χ3v) is 3.86. The van der Waals surface area contributed by atoms with Crippen molar-refractivity contribution < 1.29 is 0 Å². The molecule has 0 atom stereocenters. The van der Waals surface area contributed by atoms with Crippen molar-refractivity contribution in [2.45, 2.75) is 10.8 Å². The predicted octanol–water partition coefficient (Wildman–Crippen LogP) is 3.66. The summed E-state index contributed by atoms with van der Waals surface area (Å²) in [6.45, 7) is 0. The van der Waals surface area contributed by atoms with Gasteiger partial charge in [0.2, 0.25) is 0 Å². The van der Waals surface area contributed by atoms with Crippen LogP contribution >= 0.6 is 35.0 Å². The van der Waals surface area contributed by atoms with Crippen LogP contribution < -0.4 is 5.73 Å². The van der Waals surface area contributed by atoms with Gasteiger partial charge in [-0.25, -0.2) is 9.97 Å². The first-order chi connectivity index (χ1) is 8.16. The van der Waals surface area contributed by atoms with Gasteiger partial charge in [-0.1, -0.05) is 41.0 Å². The average molecular weight is 286 g/mol. The maximum atomic E-state index is 5.93. The predicted molar refractivity (Wildman–Crippen MR) is 72.5 cm³/mol. The molecule has 1 aromatic heterocycles. The van der Waals surface area contributed by atoms with Gasteiger partial charge in [-0.2, -0.15) is 0 Å². The number of hydrogen-bond donors (Lipinski definition) is 1. The summed E-state index contributed by atoms with van der Waals surface area (Å²) in [5.74, 6) is 1.16. The van der Waals surface area contributed by atoms with E-state index in [4.69, 9.17) is 28.9 Å². The first-order valence-electron chi connectivity index (χ1n) is 4.80. The van der Waals surface area contributed by atoms with E-state index in [1.54, 1.807) is 18.5 Å². The molecule has 0 saturated heterocycles. The number of nitrogen functional groups attached to an aromatic ring is 1. The second-order valence-electron chi connectivity index (χ2n) is 3.28. The van der Waals surface area contributed by atoms with Gasteiger partial charge >= 0.3 is 0 Å². The summed E-state index contributed by atoms with van der Waals surface area (Å²) in [6, 6.07) is 5.54. The van der Waals surface area contributed by atoms with Crippen LogP contribution in [0, 0.1) is 0 Å². The Morgan fingerprint density at radius 3 is 2.59 bits per heavy atom. The van der Waals surface area contributed by atoms with Crippen molar-refractivity contribution in [1.29, 1.82) is 0 Å². The second kappa shape index (κ2) is 5.58. The molecule has 0 amide bonds. The fourth-order valence-electron chi connectivity index (χ4n) is 1.23. The normalized spacial score (nSPS) is 10.5. The van der Waals surface area contributed by atoms with Crippen molar-refractivity contribution in [1.82, 2.24) is 9.97 Å². The molecule has 88 valence electrons. The quantitative estimate of drug-likeness (QED) is 0.875. The third-order valence-electron chi connectivity index (χ3n) is 2.05. The van der Waals surface area contributed by atoms with E-state index in [1.165, 1.54) is 11.8 Å². The fourth-order valence-corrected chi connectivity index (χ4v) is 2.37. The smallest absolute Gasteiger partial charge is 0.156 e. The van der Waals surface area contributed by atoms with Gasteiger partial charge in [-0.3, -0.25) is 0 Å². The molecule has 0 radical (unpaired) electrons. The van der Waals surface area contributed by atoms with Crippen LogP contribution in [0.1, 0.15) is 5.56 Å². The highest BCUT2D eigenvalue weighted by Crippen LogP contribution is 2.28. The van der Waals surface area contributed by atoms with Gasteiger partial charge in [0.1, 0.15) is 5.03 Å². The Balaban J connectivity index is 2.08. The molecule has 6 heteroatoms. The van der Waals surface area contributed by atoms with Crippen LogP contribution in [-0.4, -0.2) is 9.97 Å². The Morgan fingerprint density at radius 2 is 1.88 bits per heavy atom. The minimum absolute atomic E-state index is 0.442. The summed E-state index contributed by atoms with van der Waals surface area (Å²) in [5.41, 5.74) is 6.76. The number of halogens is 2. The van der Waals surface area contributed by atoms with E-state index < -0.39 is 0 Å². The fraction of sp³-hybridized carbons (Fsp3) is 0.0909. The van der Waals surface area contributed by atoms with Crippen LogP contribution in [0.4, 0.5) is 5.82 Å². The molecule has 1 heterocycles. The zero-order valence-electron chi connectivity index (χ0n) is 8.73. The zero-order chi connectivity index (χ0) is 12.3. The summed E-state index contributed by atoms with van der Waals surface area (Å²) >= 11 is 13.3. The number of anilines is 1. The zero-order valence-corrected chi connectivity index (χ0v) is 11.1. The summed E-state index contributed by atoms with van der Waals surface area (Å²) in [6.07, 6.45) is 3.19. The SMILES string of the molecule is Nc1nccnc1SCc1ccc(Cl)c(Cl)c1. The van der Waals surface area contributed by atoms with Crippen LogP contribution in [0.25, 0.3) is 0 Å². The molecule has 0 unspecified atom stereocenters. The number of benzene rings is 1. The first-order valence-corrected chi connectivity index (χ1v) is 6.54. The Labute approximate surface area is 113 Å². The van der Waals surface area contributed by atoms with Crippen molar-refractivity contribution >= 4 is 40.8 Å². The first kappa shape index (κ1) is 12.5. The van der Waals surface area contributed by atoms with Gasteiger partial charge in [-0.15, -0.1) is 0 Å². The number of thioether (sulfide) groups is 1. The Morgan fingerprint density at radius 1 is 1.12 bits per heavy atom. The molecule has 1 aromatic carbocycles. The molecule has 2 aromatic rings. The van der Waals surface area contributed by atoms with Gasteiger partial charge in [0.25, 0.3) is 0 Å². The van der Waals surface area contributed by atoms with Crippen molar-refractivity contribution in [3.8, 4) is 0 Å². The standard InChI is InChI=1S/C11H9Cl2N3S/c12-8-2-1-7(5-9(8)13)6-17-11-10(14)15-3-4-16-11/h1-5H,6H2,(H2,14,15). The van der Waals surface area contributed by atoms with Crippen molar-refractivity contribution in [3.63, 3.8) is 0 Å². The lowest BCUT2D eigenvalue weighted by molar-refractivity contribution is 1.07. The molecule has 0 aliphatic heterocycles. The molecular weight excluding hydrogens is 277 g/mol. The molecule has 0 aliphatic carbocycles. The van der Waals surface area contributed by atoms with Crippen LogP contribution in [0.15, 0.2) is 35.6 Å². The highest BCUT2D eigenvalue weighted by atomic mass is 35.5. The third kappa shape index (κ3) is 3.25. The van der Waals surface area contributed by atoms with Gasteiger partial charge in [0.15, 0.2) is 5.82 Å². The van der Waals surface area contributed by atoms with Crippen molar-refractivity contribution in [2.75, 3.05) is 5.73 Å². The number of aromatic nitrogens is 2. The average Bonchev–Trinajstić information content (AvgIpc) is 2.32. The van der Waals surface area contributed by atoms with E-state index in [-0.39, 0.29) is 0 Å². The molecule has 0 saturated carbocycles. The van der Waals surface area contributed by atoms with E-state index in [0.29, 0.717) is 15.9 Å². The van der Waals surface area contributed by atoms with E-state index in [1.807, 2.05) is 12.1 Å². The largest absolute Gasteiger partial charge is 0.381 e. The molecular formula is C11H9Cl2N3S. The molecule has 0 aliphatic rings. The van der Waals surface area contributed by atoms with Gasteiger partial charge < -0.3 is 5.73 Å². The van der Waals surface area contributed by atoms with Crippen LogP contribution in [0.5, 0.6) is 0 Å². The summed E-state index contributed by atoms with van der Waals surface area (Å²) in [4.78, 5) is 8.12. The lowest BCUT2D eigenvalue weighted by Gasteiger charge is -2.04.